The first-order valence-electron chi connectivity index (χ1n) is 9.59. The van der Waals surface area contributed by atoms with Gasteiger partial charge in [-0.15, -0.1) is 0 Å². The second-order valence-corrected chi connectivity index (χ2v) is 6.87. The van der Waals surface area contributed by atoms with Gasteiger partial charge in [0.05, 0.1) is 5.56 Å². The Bertz CT molecular complexity index is 859. The largest absolute Gasteiger partial charge is 0.463 e. The predicted molar refractivity (Wildman–Crippen MR) is 104 cm³/mol. The van der Waals surface area contributed by atoms with Crippen LogP contribution in [0.4, 0.5) is 0 Å². The molecule has 2 heterocycles. The van der Waals surface area contributed by atoms with Crippen molar-refractivity contribution in [3.05, 3.63) is 30.1 Å². The molecule has 1 saturated heterocycles. The van der Waals surface area contributed by atoms with Crippen molar-refractivity contribution in [3.63, 3.8) is 0 Å². The van der Waals surface area contributed by atoms with E-state index in [4.69, 9.17) is 23.7 Å². The van der Waals surface area contributed by atoms with Crippen LogP contribution in [-0.2, 0) is 42.9 Å². The number of rotatable bonds is 7. The molecule has 0 saturated carbocycles. The van der Waals surface area contributed by atoms with E-state index in [2.05, 4.69) is 10.3 Å². The van der Waals surface area contributed by atoms with Crippen LogP contribution in [-0.4, -0.2) is 72.0 Å². The lowest BCUT2D eigenvalue weighted by Crippen LogP contribution is -2.66. The molecule has 0 radical (unpaired) electrons. The van der Waals surface area contributed by atoms with Gasteiger partial charge in [0.1, 0.15) is 18.8 Å². The number of esters is 4. The topological polar surface area (TPSA) is 156 Å². The summed E-state index contributed by atoms with van der Waals surface area (Å²) in [5, 5.41) is 2.50. The summed E-state index contributed by atoms with van der Waals surface area (Å²) >= 11 is 0. The first kappa shape index (κ1) is 24.7. The molecule has 1 amide bonds. The molecule has 1 aromatic rings. The van der Waals surface area contributed by atoms with Crippen molar-refractivity contribution in [3.8, 4) is 0 Å². The van der Waals surface area contributed by atoms with Gasteiger partial charge in [-0.3, -0.25) is 24.2 Å². The maximum atomic E-state index is 12.6. The van der Waals surface area contributed by atoms with Crippen molar-refractivity contribution in [2.75, 3.05) is 6.61 Å². The zero-order chi connectivity index (χ0) is 23.8. The van der Waals surface area contributed by atoms with Crippen molar-refractivity contribution >= 4 is 29.8 Å². The fourth-order valence-corrected chi connectivity index (χ4v) is 3.05. The lowest BCUT2D eigenvalue weighted by molar-refractivity contribution is -0.263. The summed E-state index contributed by atoms with van der Waals surface area (Å²) in [4.78, 5) is 63.0. The molecule has 0 aromatic carbocycles. The zero-order valence-electron chi connectivity index (χ0n) is 17.9. The Morgan fingerprint density at radius 3 is 2.16 bits per heavy atom. The number of hydrogen-bond donors (Lipinski definition) is 1. The van der Waals surface area contributed by atoms with Gasteiger partial charge < -0.3 is 29.0 Å². The van der Waals surface area contributed by atoms with Gasteiger partial charge in [-0.05, 0) is 12.1 Å². The molecule has 0 spiro atoms. The van der Waals surface area contributed by atoms with Gasteiger partial charge >= 0.3 is 23.9 Å². The normalized spacial score (nSPS) is 24.6. The van der Waals surface area contributed by atoms with Crippen molar-refractivity contribution in [1.82, 2.24) is 10.3 Å². The van der Waals surface area contributed by atoms with E-state index in [1.54, 1.807) is 0 Å². The first-order valence-corrected chi connectivity index (χ1v) is 9.59. The minimum absolute atomic E-state index is 0.0976. The minimum Gasteiger partial charge on any atom is -0.463 e. The van der Waals surface area contributed by atoms with E-state index >= 15 is 0 Å². The van der Waals surface area contributed by atoms with Crippen LogP contribution in [0.25, 0.3) is 0 Å². The van der Waals surface area contributed by atoms with Gasteiger partial charge in [0, 0.05) is 40.1 Å². The molecule has 0 bridgehead atoms. The monoisotopic (exact) mass is 452 g/mol. The number of carbonyl (C=O) groups excluding carboxylic acids is 5. The highest BCUT2D eigenvalue weighted by molar-refractivity contribution is 5.89. The Hall–Kier alpha value is -3.54. The van der Waals surface area contributed by atoms with Gasteiger partial charge in [-0.25, -0.2) is 4.79 Å². The van der Waals surface area contributed by atoms with E-state index in [1.165, 1.54) is 31.5 Å². The van der Waals surface area contributed by atoms with Gasteiger partial charge in [-0.2, -0.15) is 0 Å². The van der Waals surface area contributed by atoms with Crippen LogP contribution in [0.15, 0.2) is 24.5 Å². The molecule has 12 heteroatoms. The van der Waals surface area contributed by atoms with E-state index < -0.39 is 67.0 Å². The highest BCUT2D eigenvalue weighted by atomic mass is 16.7. The molecule has 12 nitrogen and oxygen atoms in total. The molecular formula is C20H24N2O10. The molecule has 1 fully saturated rings. The van der Waals surface area contributed by atoms with E-state index in [9.17, 15) is 24.0 Å². The van der Waals surface area contributed by atoms with Crippen LogP contribution in [0, 0.1) is 0 Å². The fourth-order valence-electron chi connectivity index (χ4n) is 3.05. The van der Waals surface area contributed by atoms with Crippen molar-refractivity contribution in [1.29, 1.82) is 0 Å². The van der Waals surface area contributed by atoms with Crippen LogP contribution in [0.3, 0.4) is 0 Å². The Labute approximate surface area is 183 Å². The number of nitrogens with one attached hydrogen (secondary N) is 1. The summed E-state index contributed by atoms with van der Waals surface area (Å²) in [6.45, 7) is 4.18. The number of hydrogen-bond acceptors (Lipinski definition) is 11. The number of amides is 1. The summed E-state index contributed by atoms with van der Waals surface area (Å²) in [6, 6.07) is 1.73. The molecule has 0 aliphatic carbocycles. The lowest BCUT2D eigenvalue weighted by Gasteiger charge is -2.44. The van der Waals surface area contributed by atoms with Crippen LogP contribution >= 0.6 is 0 Å². The Balaban J connectivity index is 2.42. The number of ether oxygens (including phenoxy) is 5. The van der Waals surface area contributed by atoms with Crippen LogP contribution in [0.2, 0.25) is 0 Å². The summed E-state index contributed by atoms with van der Waals surface area (Å²) in [5.74, 6) is -3.54. The number of nitrogens with zero attached hydrogens (tertiary/aromatic N) is 1. The molecule has 1 N–H and O–H groups in total. The third-order valence-corrected chi connectivity index (χ3v) is 4.19. The molecule has 5 atom stereocenters. The van der Waals surface area contributed by atoms with E-state index in [1.807, 2.05) is 0 Å². The molecule has 32 heavy (non-hydrogen) atoms. The molecule has 1 aliphatic rings. The average molecular weight is 452 g/mol. The molecule has 1 aromatic heterocycles. The number of pyridine rings is 1. The van der Waals surface area contributed by atoms with Crippen LogP contribution < -0.4 is 5.32 Å². The van der Waals surface area contributed by atoms with Crippen LogP contribution in [0.5, 0.6) is 0 Å². The van der Waals surface area contributed by atoms with Gasteiger partial charge in [-0.1, -0.05) is 0 Å². The third-order valence-electron chi connectivity index (χ3n) is 4.19. The second kappa shape index (κ2) is 11.2. The minimum atomic E-state index is -1.48. The molecule has 2 rings (SSSR count). The maximum Gasteiger partial charge on any atom is 0.342 e. The number of aromatic nitrogens is 1. The highest BCUT2D eigenvalue weighted by Gasteiger charge is 2.52. The summed E-state index contributed by atoms with van der Waals surface area (Å²) in [5.41, 5.74) is 0.0976. The summed E-state index contributed by atoms with van der Waals surface area (Å²) < 4.78 is 26.7. The highest BCUT2D eigenvalue weighted by Crippen LogP contribution is 2.28. The van der Waals surface area contributed by atoms with Gasteiger partial charge in [0.25, 0.3) is 0 Å². The molecular weight excluding hydrogens is 428 g/mol. The Morgan fingerprint density at radius 1 is 0.969 bits per heavy atom. The average Bonchev–Trinajstić information content (AvgIpc) is 2.70. The van der Waals surface area contributed by atoms with Gasteiger partial charge in [0.2, 0.25) is 12.2 Å². The maximum absolute atomic E-state index is 12.6. The molecule has 174 valence electrons. The summed E-state index contributed by atoms with van der Waals surface area (Å²) in [6.07, 6.45) is -2.53. The second-order valence-electron chi connectivity index (χ2n) is 6.87. The number of carbonyl (C=O) groups is 5. The zero-order valence-corrected chi connectivity index (χ0v) is 17.9. The first-order chi connectivity index (χ1) is 15.1. The molecule has 1 aliphatic heterocycles. The SMILES string of the molecule is CC(=O)N[C@@H]1[C@H](OC(=O)c2cccnc2)O[C@@H](COC(C)=O)[C@@H](OC(C)=O)[C@@H]1OC(C)=O. The quantitative estimate of drug-likeness (QED) is 0.435. The molecule has 0 unspecified atom stereocenters. The van der Waals surface area contributed by atoms with E-state index in [0.717, 1.165) is 20.8 Å². The third kappa shape index (κ3) is 7.01. The lowest BCUT2D eigenvalue weighted by atomic mass is 9.96. The van der Waals surface area contributed by atoms with Gasteiger partial charge in [0.15, 0.2) is 12.2 Å². The Morgan fingerprint density at radius 2 is 1.62 bits per heavy atom. The Kier molecular flexibility index (Phi) is 8.64. The summed E-state index contributed by atoms with van der Waals surface area (Å²) in [7, 11) is 0. The van der Waals surface area contributed by atoms with Crippen molar-refractivity contribution in [2.45, 2.75) is 58.3 Å². The van der Waals surface area contributed by atoms with E-state index in [-0.39, 0.29) is 5.56 Å². The van der Waals surface area contributed by atoms with Crippen molar-refractivity contribution in [2.24, 2.45) is 0 Å². The predicted octanol–water partition coefficient (Wildman–Crippen LogP) is -0.105. The standard InChI is InChI=1S/C20H24N2O10/c1-10(23)22-16-18(30-13(4)26)17(29-12(3)25)15(9-28-11(2)24)31-20(16)32-19(27)14-6-5-7-21-8-14/h5-8,15-18,20H,9H2,1-4H3,(H,22,23)/t15-,16-,17+,18+,20-/m0/s1. The van der Waals surface area contributed by atoms with Crippen molar-refractivity contribution < 1.29 is 47.7 Å². The fraction of sp³-hybridized carbons (Fsp3) is 0.500. The van der Waals surface area contributed by atoms with Crippen LogP contribution in [0.1, 0.15) is 38.1 Å². The van der Waals surface area contributed by atoms with E-state index in [0.29, 0.717) is 0 Å². The smallest absolute Gasteiger partial charge is 0.342 e.